The Kier molecular flexibility index (Phi) is 5.29. The molecule has 0 radical (unpaired) electrons. The van der Waals surface area contributed by atoms with Crippen LogP contribution >= 0.6 is 0 Å². The molecule has 1 atom stereocenters. The normalized spacial score (nSPS) is 16.5. The van der Waals surface area contributed by atoms with Gasteiger partial charge in [0, 0.05) is 43.5 Å². The molecule has 140 valence electrons. The summed E-state index contributed by atoms with van der Waals surface area (Å²) in [7, 11) is 0. The standard InChI is InChI=1S/C20H22N4O3/c25-19(23-18-8-10-22-24(18)13-15-9-11-26-14-15)6-7-20-21-12-17(27-20)16-4-2-1-3-5-16/h1-5,8,10,12,15H,6-7,9,11,13-14H2,(H,23,25)/t15-/m0/s1. The molecule has 7 nitrogen and oxygen atoms in total. The van der Waals surface area contributed by atoms with E-state index in [-0.39, 0.29) is 5.91 Å². The summed E-state index contributed by atoms with van der Waals surface area (Å²) in [6.07, 6.45) is 5.17. The topological polar surface area (TPSA) is 82.2 Å². The summed E-state index contributed by atoms with van der Waals surface area (Å²) >= 11 is 0. The van der Waals surface area contributed by atoms with E-state index in [1.165, 1.54) is 0 Å². The van der Waals surface area contributed by atoms with Gasteiger partial charge in [-0.15, -0.1) is 0 Å². The molecule has 7 heteroatoms. The summed E-state index contributed by atoms with van der Waals surface area (Å²) in [6, 6.07) is 11.6. The number of hydrogen-bond acceptors (Lipinski definition) is 5. The molecular weight excluding hydrogens is 344 g/mol. The van der Waals surface area contributed by atoms with E-state index in [1.807, 2.05) is 41.1 Å². The molecule has 0 spiro atoms. The Balaban J connectivity index is 1.30. The summed E-state index contributed by atoms with van der Waals surface area (Å²) in [5, 5.41) is 7.23. The van der Waals surface area contributed by atoms with Gasteiger partial charge in [0.2, 0.25) is 5.91 Å². The van der Waals surface area contributed by atoms with E-state index in [0.717, 1.165) is 31.7 Å². The van der Waals surface area contributed by atoms with E-state index in [0.29, 0.717) is 36.2 Å². The van der Waals surface area contributed by atoms with Crippen LogP contribution in [0.3, 0.4) is 0 Å². The summed E-state index contributed by atoms with van der Waals surface area (Å²) in [6.45, 7) is 2.30. The SMILES string of the molecule is O=C(CCc1ncc(-c2ccccc2)o1)Nc1ccnn1C[C@@H]1CCOC1. The number of hydrogen-bond donors (Lipinski definition) is 1. The minimum atomic E-state index is -0.0844. The Labute approximate surface area is 157 Å². The van der Waals surface area contributed by atoms with Crippen molar-refractivity contribution in [2.75, 3.05) is 18.5 Å². The molecule has 1 N–H and O–H groups in total. The molecule has 1 amide bonds. The summed E-state index contributed by atoms with van der Waals surface area (Å²) in [5.74, 6) is 2.34. The second-order valence-corrected chi connectivity index (χ2v) is 6.66. The zero-order valence-electron chi connectivity index (χ0n) is 15.0. The second kappa shape index (κ2) is 8.18. The van der Waals surface area contributed by atoms with Gasteiger partial charge in [-0.05, 0) is 6.42 Å². The highest BCUT2D eigenvalue weighted by molar-refractivity contribution is 5.89. The first-order valence-electron chi connectivity index (χ1n) is 9.17. The molecule has 3 heterocycles. The van der Waals surface area contributed by atoms with E-state index in [2.05, 4.69) is 15.4 Å². The fraction of sp³-hybridized carbons (Fsp3) is 0.350. The van der Waals surface area contributed by atoms with Crippen molar-refractivity contribution in [3.63, 3.8) is 0 Å². The number of aromatic nitrogens is 3. The van der Waals surface area contributed by atoms with Gasteiger partial charge in [0.25, 0.3) is 0 Å². The molecule has 0 unspecified atom stereocenters. The molecule has 1 aromatic carbocycles. The van der Waals surface area contributed by atoms with Gasteiger partial charge in [0.05, 0.1) is 19.0 Å². The van der Waals surface area contributed by atoms with Crippen molar-refractivity contribution in [1.82, 2.24) is 14.8 Å². The lowest BCUT2D eigenvalue weighted by molar-refractivity contribution is -0.116. The first-order chi connectivity index (χ1) is 13.3. The van der Waals surface area contributed by atoms with Crippen LogP contribution in [0.25, 0.3) is 11.3 Å². The average Bonchev–Trinajstić information content (AvgIpc) is 3.44. The van der Waals surface area contributed by atoms with Crippen molar-refractivity contribution in [3.05, 3.63) is 54.7 Å². The van der Waals surface area contributed by atoms with Crippen molar-refractivity contribution in [3.8, 4) is 11.3 Å². The first kappa shape index (κ1) is 17.5. The molecule has 2 aromatic heterocycles. The third kappa shape index (κ3) is 4.43. The number of aryl methyl sites for hydroxylation is 1. The van der Waals surface area contributed by atoms with Gasteiger partial charge in [0.15, 0.2) is 11.7 Å². The zero-order valence-corrected chi connectivity index (χ0v) is 15.0. The van der Waals surface area contributed by atoms with Crippen LogP contribution in [-0.2, 0) is 22.5 Å². The van der Waals surface area contributed by atoms with Crippen LogP contribution in [0.4, 0.5) is 5.82 Å². The fourth-order valence-corrected chi connectivity index (χ4v) is 3.14. The van der Waals surface area contributed by atoms with Gasteiger partial charge >= 0.3 is 0 Å². The lowest BCUT2D eigenvalue weighted by atomic mass is 10.1. The minimum absolute atomic E-state index is 0.0844. The maximum atomic E-state index is 12.3. The largest absolute Gasteiger partial charge is 0.441 e. The molecule has 0 aliphatic carbocycles. The second-order valence-electron chi connectivity index (χ2n) is 6.66. The Morgan fingerprint density at radius 1 is 1.26 bits per heavy atom. The molecule has 0 saturated carbocycles. The van der Waals surface area contributed by atoms with Gasteiger partial charge in [-0.25, -0.2) is 9.67 Å². The molecule has 1 fully saturated rings. The molecule has 1 aliphatic rings. The number of ether oxygens (including phenoxy) is 1. The monoisotopic (exact) mass is 366 g/mol. The average molecular weight is 366 g/mol. The fourth-order valence-electron chi connectivity index (χ4n) is 3.14. The predicted octanol–water partition coefficient (Wildman–Crippen LogP) is 3.15. The maximum Gasteiger partial charge on any atom is 0.226 e. The van der Waals surface area contributed by atoms with E-state index in [4.69, 9.17) is 9.15 Å². The number of carbonyl (C=O) groups is 1. The number of oxazole rings is 1. The Morgan fingerprint density at radius 2 is 2.15 bits per heavy atom. The predicted molar refractivity (Wildman–Crippen MR) is 100 cm³/mol. The highest BCUT2D eigenvalue weighted by Crippen LogP contribution is 2.21. The van der Waals surface area contributed by atoms with E-state index >= 15 is 0 Å². The molecule has 27 heavy (non-hydrogen) atoms. The van der Waals surface area contributed by atoms with E-state index in [1.54, 1.807) is 12.4 Å². The Morgan fingerprint density at radius 3 is 2.96 bits per heavy atom. The van der Waals surface area contributed by atoms with Crippen molar-refractivity contribution >= 4 is 11.7 Å². The molecule has 1 aliphatic heterocycles. The highest BCUT2D eigenvalue weighted by atomic mass is 16.5. The first-order valence-corrected chi connectivity index (χ1v) is 9.17. The van der Waals surface area contributed by atoms with Gasteiger partial charge in [0.1, 0.15) is 5.82 Å². The van der Waals surface area contributed by atoms with Gasteiger partial charge in [-0.2, -0.15) is 5.10 Å². The lowest BCUT2D eigenvalue weighted by Crippen LogP contribution is -2.19. The summed E-state index contributed by atoms with van der Waals surface area (Å²) in [5.41, 5.74) is 0.973. The third-order valence-corrected chi connectivity index (χ3v) is 4.62. The quantitative estimate of drug-likeness (QED) is 0.695. The smallest absolute Gasteiger partial charge is 0.226 e. The molecule has 3 aromatic rings. The number of rotatable bonds is 7. The van der Waals surface area contributed by atoms with Crippen molar-refractivity contribution in [2.24, 2.45) is 5.92 Å². The van der Waals surface area contributed by atoms with Crippen LogP contribution in [-0.4, -0.2) is 33.9 Å². The van der Waals surface area contributed by atoms with Crippen molar-refractivity contribution < 1.29 is 13.9 Å². The number of anilines is 1. The number of nitrogens with one attached hydrogen (secondary N) is 1. The Bertz CT molecular complexity index is 882. The number of benzene rings is 1. The molecule has 1 saturated heterocycles. The van der Waals surface area contributed by atoms with Crippen molar-refractivity contribution in [1.29, 1.82) is 0 Å². The van der Waals surface area contributed by atoms with Crippen LogP contribution in [0.2, 0.25) is 0 Å². The summed E-state index contributed by atoms with van der Waals surface area (Å²) < 4.78 is 13.0. The van der Waals surface area contributed by atoms with E-state index < -0.39 is 0 Å². The molecule has 0 bridgehead atoms. The Hall–Kier alpha value is -2.93. The van der Waals surface area contributed by atoms with E-state index in [9.17, 15) is 4.79 Å². The lowest BCUT2D eigenvalue weighted by Gasteiger charge is -2.12. The van der Waals surface area contributed by atoms with Crippen LogP contribution in [0.15, 0.2) is 53.2 Å². The van der Waals surface area contributed by atoms with Crippen molar-refractivity contribution in [2.45, 2.75) is 25.8 Å². The van der Waals surface area contributed by atoms with Gasteiger partial charge in [-0.1, -0.05) is 30.3 Å². The third-order valence-electron chi connectivity index (χ3n) is 4.62. The summed E-state index contributed by atoms with van der Waals surface area (Å²) in [4.78, 5) is 16.6. The minimum Gasteiger partial charge on any atom is -0.441 e. The zero-order chi connectivity index (χ0) is 18.5. The number of nitrogens with zero attached hydrogens (tertiary/aromatic N) is 3. The number of amides is 1. The molecular formula is C20H22N4O3. The molecule has 4 rings (SSSR count). The van der Waals surface area contributed by atoms with Gasteiger partial charge < -0.3 is 14.5 Å². The van der Waals surface area contributed by atoms with Crippen LogP contribution < -0.4 is 5.32 Å². The highest BCUT2D eigenvalue weighted by Gasteiger charge is 2.18. The maximum absolute atomic E-state index is 12.3. The van der Waals surface area contributed by atoms with Gasteiger partial charge in [-0.3, -0.25) is 4.79 Å². The van der Waals surface area contributed by atoms with Crippen LogP contribution in [0.1, 0.15) is 18.7 Å². The number of carbonyl (C=O) groups excluding carboxylic acids is 1. The van der Waals surface area contributed by atoms with Crippen LogP contribution in [0.5, 0.6) is 0 Å². The van der Waals surface area contributed by atoms with Crippen LogP contribution in [0, 0.1) is 5.92 Å².